The second kappa shape index (κ2) is 7.89. The van der Waals surface area contributed by atoms with Crippen LogP contribution in [0.15, 0.2) is 24.3 Å². The normalized spacial score (nSPS) is 15.6. The van der Waals surface area contributed by atoms with Crippen LogP contribution >= 0.6 is 0 Å². The summed E-state index contributed by atoms with van der Waals surface area (Å²) in [6.07, 6.45) is 0.512. The van der Waals surface area contributed by atoms with Crippen molar-refractivity contribution in [2.75, 3.05) is 39.8 Å². The van der Waals surface area contributed by atoms with Crippen molar-refractivity contribution >= 4 is 11.8 Å². The van der Waals surface area contributed by atoms with E-state index in [-0.39, 0.29) is 30.6 Å². The molecule has 0 radical (unpaired) electrons. The van der Waals surface area contributed by atoms with Gasteiger partial charge < -0.3 is 15.1 Å². The predicted octanol–water partition coefficient (Wildman–Crippen LogP) is 0.649. The van der Waals surface area contributed by atoms with E-state index in [1.54, 1.807) is 23.1 Å². The fraction of sp³-hybridized carbons (Fsp3) is 0.500. The molecule has 22 heavy (non-hydrogen) atoms. The molecule has 1 heterocycles. The Morgan fingerprint density at radius 1 is 1.18 bits per heavy atom. The van der Waals surface area contributed by atoms with E-state index in [0.29, 0.717) is 25.1 Å². The summed E-state index contributed by atoms with van der Waals surface area (Å²) in [5.41, 5.74) is 0.517. The topological polar surface area (TPSA) is 52.6 Å². The molecule has 0 atom stereocenters. The van der Waals surface area contributed by atoms with Crippen molar-refractivity contribution in [2.24, 2.45) is 0 Å². The molecule has 1 aromatic carbocycles. The van der Waals surface area contributed by atoms with Crippen molar-refractivity contribution in [1.82, 2.24) is 15.1 Å². The summed E-state index contributed by atoms with van der Waals surface area (Å²) < 4.78 is 13.4. The SMILES string of the molecule is CN1CCN(C(=O)CNC(=O)CCc2ccccc2F)CC1. The maximum absolute atomic E-state index is 13.4. The zero-order valence-electron chi connectivity index (χ0n) is 12.8. The molecule has 1 saturated heterocycles. The number of nitrogens with one attached hydrogen (secondary N) is 1. The molecular weight excluding hydrogens is 285 g/mol. The lowest BCUT2D eigenvalue weighted by atomic mass is 10.1. The van der Waals surface area contributed by atoms with Crippen LogP contribution in [0.1, 0.15) is 12.0 Å². The monoisotopic (exact) mass is 307 g/mol. The van der Waals surface area contributed by atoms with Gasteiger partial charge in [-0.2, -0.15) is 0 Å². The van der Waals surface area contributed by atoms with E-state index in [1.807, 2.05) is 7.05 Å². The molecule has 1 fully saturated rings. The molecule has 120 valence electrons. The standard InChI is InChI=1S/C16H22FN3O2/c1-19-8-10-20(11-9-19)16(22)12-18-15(21)7-6-13-4-2-3-5-14(13)17/h2-5H,6-12H2,1H3,(H,18,21). The number of carbonyl (C=O) groups excluding carboxylic acids is 2. The molecule has 1 N–H and O–H groups in total. The molecule has 5 nitrogen and oxygen atoms in total. The van der Waals surface area contributed by atoms with E-state index < -0.39 is 0 Å². The van der Waals surface area contributed by atoms with Crippen molar-refractivity contribution in [2.45, 2.75) is 12.8 Å². The van der Waals surface area contributed by atoms with Gasteiger partial charge in [-0.25, -0.2) is 4.39 Å². The van der Waals surface area contributed by atoms with Crippen LogP contribution in [0.3, 0.4) is 0 Å². The van der Waals surface area contributed by atoms with E-state index in [1.165, 1.54) is 6.07 Å². The largest absolute Gasteiger partial charge is 0.347 e. The minimum Gasteiger partial charge on any atom is -0.347 e. The Bertz CT molecular complexity index is 528. The molecule has 0 aromatic heterocycles. The minimum absolute atomic E-state index is 0.0137. The average Bonchev–Trinajstić information content (AvgIpc) is 2.52. The first-order valence-electron chi connectivity index (χ1n) is 7.52. The number of aryl methyl sites for hydroxylation is 1. The molecule has 2 rings (SSSR count). The molecule has 1 aromatic rings. The Morgan fingerprint density at radius 3 is 2.55 bits per heavy atom. The summed E-state index contributed by atoms with van der Waals surface area (Å²) >= 11 is 0. The van der Waals surface area contributed by atoms with Crippen LogP contribution in [0, 0.1) is 5.82 Å². The maximum Gasteiger partial charge on any atom is 0.242 e. The van der Waals surface area contributed by atoms with Gasteiger partial charge in [0.05, 0.1) is 6.54 Å². The Hall–Kier alpha value is -1.95. The summed E-state index contributed by atoms with van der Waals surface area (Å²) in [5.74, 6) is -0.595. The van der Waals surface area contributed by atoms with Crippen molar-refractivity contribution < 1.29 is 14.0 Å². The number of carbonyl (C=O) groups is 2. The average molecular weight is 307 g/mol. The molecule has 0 bridgehead atoms. The zero-order chi connectivity index (χ0) is 15.9. The Balaban J connectivity index is 1.69. The third-order valence-electron chi connectivity index (χ3n) is 3.87. The summed E-state index contributed by atoms with van der Waals surface area (Å²) in [7, 11) is 2.02. The van der Waals surface area contributed by atoms with Gasteiger partial charge >= 0.3 is 0 Å². The second-order valence-electron chi connectivity index (χ2n) is 5.55. The quantitative estimate of drug-likeness (QED) is 0.869. The van der Waals surface area contributed by atoms with Crippen molar-refractivity contribution in [3.8, 4) is 0 Å². The van der Waals surface area contributed by atoms with Gasteiger partial charge in [0.1, 0.15) is 5.82 Å². The van der Waals surface area contributed by atoms with Crippen LogP contribution in [0.5, 0.6) is 0 Å². The van der Waals surface area contributed by atoms with E-state index in [4.69, 9.17) is 0 Å². The fourth-order valence-corrected chi connectivity index (χ4v) is 2.38. The summed E-state index contributed by atoms with van der Waals surface area (Å²) in [6.45, 7) is 3.11. The van der Waals surface area contributed by atoms with E-state index in [0.717, 1.165) is 13.1 Å². The van der Waals surface area contributed by atoms with Crippen LogP contribution in [-0.4, -0.2) is 61.4 Å². The van der Waals surface area contributed by atoms with Crippen molar-refractivity contribution in [3.63, 3.8) is 0 Å². The highest BCUT2D eigenvalue weighted by atomic mass is 19.1. The molecule has 6 heteroatoms. The highest BCUT2D eigenvalue weighted by Gasteiger charge is 2.19. The number of halogens is 1. The van der Waals surface area contributed by atoms with Gasteiger partial charge in [0.25, 0.3) is 0 Å². The second-order valence-corrected chi connectivity index (χ2v) is 5.55. The van der Waals surface area contributed by atoms with Gasteiger partial charge in [-0.1, -0.05) is 18.2 Å². The van der Waals surface area contributed by atoms with Gasteiger partial charge in [0.2, 0.25) is 11.8 Å². The Kier molecular flexibility index (Phi) is 5.89. The van der Waals surface area contributed by atoms with Gasteiger partial charge in [0, 0.05) is 32.6 Å². The minimum atomic E-state index is -0.302. The Morgan fingerprint density at radius 2 is 1.86 bits per heavy atom. The molecule has 1 aliphatic rings. The first kappa shape index (κ1) is 16.4. The third-order valence-corrected chi connectivity index (χ3v) is 3.87. The maximum atomic E-state index is 13.4. The smallest absolute Gasteiger partial charge is 0.242 e. The van der Waals surface area contributed by atoms with E-state index in [9.17, 15) is 14.0 Å². The number of hydrogen-bond donors (Lipinski definition) is 1. The number of rotatable bonds is 5. The number of amides is 2. The number of likely N-dealkylation sites (N-methyl/N-ethyl adjacent to an activating group) is 1. The highest BCUT2D eigenvalue weighted by Crippen LogP contribution is 2.08. The van der Waals surface area contributed by atoms with Gasteiger partial charge in [0.15, 0.2) is 0 Å². The molecule has 0 aliphatic carbocycles. The molecule has 0 saturated carbocycles. The molecule has 1 aliphatic heterocycles. The first-order valence-corrected chi connectivity index (χ1v) is 7.52. The number of hydrogen-bond acceptors (Lipinski definition) is 3. The van der Waals surface area contributed by atoms with Crippen LogP contribution in [0.4, 0.5) is 4.39 Å². The van der Waals surface area contributed by atoms with Crippen molar-refractivity contribution in [1.29, 1.82) is 0 Å². The Labute approximate surface area is 130 Å². The summed E-state index contributed by atoms with van der Waals surface area (Å²) in [5, 5.41) is 2.61. The molecule has 2 amide bonds. The molecule has 0 spiro atoms. The van der Waals surface area contributed by atoms with Crippen LogP contribution in [-0.2, 0) is 16.0 Å². The van der Waals surface area contributed by atoms with E-state index in [2.05, 4.69) is 10.2 Å². The van der Waals surface area contributed by atoms with Gasteiger partial charge in [-0.3, -0.25) is 9.59 Å². The lowest BCUT2D eigenvalue weighted by Gasteiger charge is -2.32. The predicted molar refractivity (Wildman–Crippen MR) is 81.8 cm³/mol. The summed E-state index contributed by atoms with van der Waals surface area (Å²) in [6, 6.07) is 6.41. The lowest BCUT2D eigenvalue weighted by molar-refractivity contribution is -0.134. The van der Waals surface area contributed by atoms with Crippen LogP contribution in [0.2, 0.25) is 0 Å². The number of benzene rings is 1. The van der Waals surface area contributed by atoms with Gasteiger partial charge in [-0.15, -0.1) is 0 Å². The lowest BCUT2D eigenvalue weighted by Crippen LogP contribution is -2.50. The zero-order valence-corrected chi connectivity index (χ0v) is 12.8. The third kappa shape index (κ3) is 4.80. The van der Waals surface area contributed by atoms with E-state index >= 15 is 0 Å². The highest BCUT2D eigenvalue weighted by molar-refractivity contribution is 5.84. The molecular formula is C16H22FN3O2. The van der Waals surface area contributed by atoms with Crippen LogP contribution in [0.25, 0.3) is 0 Å². The fourth-order valence-electron chi connectivity index (χ4n) is 2.38. The summed E-state index contributed by atoms with van der Waals surface area (Å²) in [4.78, 5) is 27.6. The van der Waals surface area contributed by atoms with Gasteiger partial charge in [-0.05, 0) is 25.1 Å². The number of nitrogens with zero attached hydrogens (tertiary/aromatic N) is 2. The van der Waals surface area contributed by atoms with Crippen molar-refractivity contribution in [3.05, 3.63) is 35.6 Å². The first-order chi connectivity index (χ1) is 10.6. The molecule has 0 unspecified atom stereocenters. The van der Waals surface area contributed by atoms with Crippen LogP contribution < -0.4 is 5.32 Å². The number of piperazine rings is 1.